The minimum Gasteiger partial charge on any atom is -0.397 e. The van der Waals surface area contributed by atoms with Crippen LogP contribution in [0, 0.1) is 5.82 Å². The third kappa shape index (κ3) is 3.42. The van der Waals surface area contributed by atoms with Crippen LogP contribution in [0.4, 0.5) is 10.1 Å². The molecule has 1 amide bonds. The Kier molecular flexibility index (Phi) is 4.31. The van der Waals surface area contributed by atoms with Gasteiger partial charge in [-0.15, -0.1) is 0 Å². The van der Waals surface area contributed by atoms with Gasteiger partial charge in [-0.1, -0.05) is 12.1 Å². The van der Waals surface area contributed by atoms with E-state index in [1.807, 2.05) is 25.3 Å². The molecule has 1 unspecified atom stereocenters. The van der Waals surface area contributed by atoms with Crippen molar-refractivity contribution in [3.63, 3.8) is 0 Å². The lowest BCUT2D eigenvalue weighted by atomic mass is 10.1. The summed E-state index contributed by atoms with van der Waals surface area (Å²) in [7, 11) is 0. The smallest absolute Gasteiger partial charge is 0.268 e. The van der Waals surface area contributed by atoms with E-state index in [-0.39, 0.29) is 23.8 Å². The molecular formula is C16H20FN3O. The summed E-state index contributed by atoms with van der Waals surface area (Å²) in [4.78, 5) is 12.4. The number of benzene rings is 1. The van der Waals surface area contributed by atoms with E-state index in [0.717, 1.165) is 5.56 Å². The second-order valence-corrected chi connectivity index (χ2v) is 5.41. The van der Waals surface area contributed by atoms with Crippen molar-refractivity contribution in [2.24, 2.45) is 0 Å². The summed E-state index contributed by atoms with van der Waals surface area (Å²) in [5.74, 6) is -0.490. The van der Waals surface area contributed by atoms with Crippen LogP contribution in [0.25, 0.3) is 0 Å². The highest BCUT2D eigenvalue weighted by Crippen LogP contribution is 2.18. The largest absolute Gasteiger partial charge is 0.397 e. The van der Waals surface area contributed by atoms with Gasteiger partial charge in [0.2, 0.25) is 0 Å². The number of hydrogen-bond acceptors (Lipinski definition) is 2. The van der Waals surface area contributed by atoms with Crippen LogP contribution >= 0.6 is 0 Å². The summed E-state index contributed by atoms with van der Waals surface area (Å²) < 4.78 is 14.8. The lowest BCUT2D eigenvalue weighted by molar-refractivity contribution is 0.0929. The molecule has 0 bridgehead atoms. The number of nitrogens with two attached hydrogens (primary N) is 1. The molecule has 3 N–H and O–H groups in total. The molecule has 0 saturated heterocycles. The Hall–Kier alpha value is -2.30. The van der Waals surface area contributed by atoms with Gasteiger partial charge in [-0.25, -0.2) is 4.39 Å². The number of rotatable bonds is 4. The van der Waals surface area contributed by atoms with Crippen LogP contribution < -0.4 is 11.1 Å². The molecule has 0 spiro atoms. The second kappa shape index (κ2) is 5.99. The van der Waals surface area contributed by atoms with Gasteiger partial charge in [0.25, 0.3) is 5.91 Å². The number of carbonyl (C=O) groups is 1. The molecule has 0 aliphatic carbocycles. The lowest BCUT2D eigenvalue weighted by Gasteiger charge is -2.17. The Labute approximate surface area is 123 Å². The molecule has 4 nitrogen and oxygen atoms in total. The van der Waals surface area contributed by atoms with E-state index < -0.39 is 0 Å². The van der Waals surface area contributed by atoms with Gasteiger partial charge in [0.05, 0.1) is 11.7 Å². The normalized spacial score (nSPS) is 12.4. The van der Waals surface area contributed by atoms with Gasteiger partial charge in [0, 0.05) is 12.2 Å². The third-order valence-electron chi connectivity index (χ3n) is 3.38. The van der Waals surface area contributed by atoms with Crippen LogP contribution in [0.3, 0.4) is 0 Å². The second-order valence-electron chi connectivity index (χ2n) is 5.41. The standard InChI is InChI=1S/C16H20FN3O/c1-10(2)20-9-14(18)8-15(20)16(21)19-11(3)12-4-6-13(17)7-5-12/h4-11H,18H2,1-3H3,(H,19,21). The fraction of sp³-hybridized carbons (Fsp3) is 0.312. The highest BCUT2D eigenvalue weighted by molar-refractivity contribution is 5.94. The van der Waals surface area contributed by atoms with Gasteiger partial charge in [-0.3, -0.25) is 4.79 Å². The Balaban J connectivity index is 2.16. The maximum atomic E-state index is 12.9. The molecular weight excluding hydrogens is 269 g/mol. The highest BCUT2D eigenvalue weighted by atomic mass is 19.1. The van der Waals surface area contributed by atoms with E-state index in [9.17, 15) is 9.18 Å². The maximum absolute atomic E-state index is 12.9. The fourth-order valence-corrected chi connectivity index (χ4v) is 2.22. The average molecular weight is 289 g/mol. The predicted molar refractivity (Wildman–Crippen MR) is 81.5 cm³/mol. The molecule has 0 aliphatic heterocycles. The quantitative estimate of drug-likeness (QED) is 0.907. The van der Waals surface area contributed by atoms with Crippen LogP contribution in [0.15, 0.2) is 36.5 Å². The van der Waals surface area contributed by atoms with E-state index in [1.165, 1.54) is 12.1 Å². The number of amides is 1. The number of anilines is 1. The van der Waals surface area contributed by atoms with Gasteiger partial charge in [-0.05, 0) is 44.5 Å². The van der Waals surface area contributed by atoms with E-state index in [0.29, 0.717) is 11.4 Å². The van der Waals surface area contributed by atoms with Gasteiger partial charge in [0.1, 0.15) is 11.5 Å². The van der Waals surface area contributed by atoms with Gasteiger partial charge in [0.15, 0.2) is 0 Å². The van der Waals surface area contributed by atoms with Crippen LogP contribution in [-0.2, 0) is 0 Å². The Morgan fingerprint density at radius 2 is 1.86 bits per heavy atom. The number of nitrogen functional groups attached to an aromatic ring is 1. The third-order valence-corrected chi connectivity index (χ3v) is 3.38. The summed E-state index contributed by atoms with van der Waals surface area (Å²) in [5.41, 5.74) is 7.70. The maximum Gasteiger partial charge on any atom is 0.268 e. The topological polar surface area (TPSA) is 60.1 Å². The van der Waals surface area contributed by atoms with E-state index in [4.69, 9.17) is 5.73 Å². The van der Waals surface area contributed by atoms with Gasteiger partial charge in [-0.2, -0.15) is 0 Å². The van der Waals surface area contributed by atoms with Crippen LogP contribution in [-0.4, -0.2) is 10.5 Å². The monoisotopic (exact) mass is 289 g/mol. The molecule has 5 heteroatoms. The van der Waals surface area contributed by atoms with Gasteiger partial charge < -0.3 is 15.6 Å². The minimum atomic E-state index is -0.293. The van der Waals surface area contributed by atoms with Crippen molar-refractivity contribution in [1.82, 2.24) is 9.88 Å². The summed E-state index contributed by atoms with van der Waals surface area (Å²) in [6.07, 6.45) is 1.75. The first kappa shape index (κ1) is 15.1. The van der Waals surface area contributed by atoms with Crippen LogP contribution in [0.2, 0.25) is 0 Å². The lowest BCUT2D eigenvalue weighted by Crippen LogP contribution is -2.28. The zero-order valence-electron chi connectivity index (χ0n) is 12.4. The van der Waals surface area contributed by atoms with Crippen molar-refractivity contribution in [3.05, 3.63) is 53.6 Å². The molecule has 0 aliphatic rings. The molecule has 21 heavy (non-hydrogen) atoms. The first-order valence-corrected chi connectivity index (χ1v) is 6.92. The molecule has 0 saturated carbocycles. The fourth-order valence-electron chi connectivity index (χ4n) is 2.22. The number of aromatic nitrogens is 1. The number of carbonyl (C=O) groups excluding carboxylic acids is 1. The number of halogens is 1. The number of nitrogens with one attached hydrogen (secondary N) is 1. The van der Waals surface area contributed by atoms with Crippen molar-refractivity contribution in [3.8, 4) is 0 Å². The summed E-state index contributed by atoms with van der Waals surface area (Å²) >= 11 is 0. The summed E-state index contributed by atoms with van der Waals surface area (Å²) in [5, 5.41) is 2.90. The zero-order chi connectivity index (χ0) is 15.6. The molecule has 1 heterocycles. The first-order chi connectivity index (χ1) is 9.88. The Bertz CT molecular complexity index is 631. The molecule has 2 aromatic rings. The minimum absolute atomic E-state index is 0.143. The molecule has 0 radical (unpaired) electrons. The SMILES string of the molecule is CC(NC(=O)c1cc(N)cn1C(C)C)c1ccc(F)cc1. The van der Waals surface area contributed by atoms with Crippen molar-refractivity contribution < 1.29 is 9.18 Å². The van der Waals surface area contributed by atoms with Crippen molar-refractivity contribution >= 4 is 11.6 Å². The van der Waals surface area contributed by atoms with Crippen molar-refractivity contribution in [2.45, 2.75) is 32.9 Å². The number of nitrogens with zero attached hydrogens (tertiary/aromatic N) is 1. The van der Waals surface area contributed by atoms with Crippen molar-refractivity contribution in [2.75, 3.05) is 5.73 Å². The zero-order valence-corrected chi connectivity index (χ0v) is 12.4. The highest BCUT2D eigenvalue weighted by Gasteiger charge is 2.17. The molecule has 1 aromatic heterocycles. The van der Waals surface area contributed by atoms with E-state index in [1.54, 1.807) is 24.4 Å². The number of hydrogen-bond donors (Lipinski definition) is 2. The Morgan fingerprint density at radius 3 is 2.43 bits per heavy atom. The predicted octanol–water partition coefficient (Wildman–Crippen LogP) is 3.28. The molecule has 1 atom stereocenters. The van der Waals surface area contributed by atoms with E-state index in [2.05, 4.69) is 5.32 Å². The van der Waals surface area contributed by atoms with Crippen LogP contribution in [0.5, 0.6) is 0 Å². The van der Waals surface area contributed by atoms with Crippen LogP contribution in [0.1, 0.15) is 48.9 Å². The van der Waals surface area contributed by atoms with Gasteiger partial charge >= 0.3 is 0 Å². The van der Waals surface area contributed by atoms with Crippen molar-refractivity contribution in [1.29, 1.82) is 0 Å². The molecule has 112 valence electrons. The summed E-state index contributed by atoms with van der Waals surface area (Å²) in [6, 6.07) is 7.68. The van der Waals surface area contributed by atoms with E-state index >= 15 is 0 Å². The summed E-state index contributed by atoms with van der Waals surface area (Å²) in [6.45, 7) is 5.83. The molecule has 0 fully saturated rings. The molecule has 2 rings (SSSR count). The molecule has 1 aromatic carbocycles. The average Bonchev–Trinajstić information content (AvgIpc) is 2.82. The first-order valence-electron chi connectivity index (χ1n) is 6.92. The Morgan fingerprint density at radius 1 is 1.24 bits per heavy atom.